The fourth-order valence-electron chi connectivity index (χ4n) is 2.91. The van der Waals surface area contributed by atoms with E-state index in [1.807, 2.05) is 6.07 Å². The van der Waals surface area contributed by atoms with E-state index in [2.05, 4.69) is 15.4 Å². The van der Waals surface area contributed by atoms with Crippen LogP contribution in [0.15, 0.2) is 34.5 Å². The van der Waals surface area contributed by atoms with Crippen LogP contribution in [-0.2, 0) is 14.8 Å². The molecule has 0 bridgehead atoms. The third-order valence-electron chi connectivity index (χ3n) is 4.37. The molecule has 0 saturated carbocycles. The Bertz CT molecular complexity index is 1120. The number of carbonyl (C=O) groups is 2. The molecule has 1 atom stereocenters. The second kappa shape index (κ2) is 11.0. The number of carbonyl (C=O) groups excluding carboxylic acids is 1. The number of nitriles is 1. The number of amides is 1. The lowest BCUT2D eigenvalue weighted by Crippen LogP contribution is -2.46. The number of aryl methyl sites for hydroxylation is 1. The highest BCUT2D eigenvalue weighted by Crippen LogP contribution is 2.28. The molecule has 0 aliphatic rings. The first-order valence-corrected chi connectivity index (χ1v) is 11.8. The van der Waals surface area contributed by atoms with Crippen LogP contribution >= 0.6 is 11.3 Å². The zero-order chi connectivity index (χ0) is 23.9. The summed E-state index contributed by atoms with van der Waals surface area (Å²) in [5.74, 6) is -1.97. The maximum Gasteiger partial charge on any atom is 0.326 e. The summed E-state index contributed by atoms with van der Waals surface area (Å²) >= 11 is 0.951. The molecule has 11 nitrogen and oxygen atoms in total. The van der Waals surface area contributed by atoms with Crippen LogP contribution in [-0.4, -0.2) is 44.3 Å². The molecule has 172 valence electrons. The summed E-state index contributed by atoms with van der Waals surface area (Å²) < 4.78 is 28.2. The van der Waals surface area contributed by atoms with E-state index >= 15 is 0 Å². The summed E-state index contributed by atoms with van der Waals surface area (Å²) in [6, 6.07) is 6.56. The van der Waals surface area contributed by atoms with Crippen molar-refractivity contribution in [2.24, 2.45) is 11.5 Å². The average molecular weight is 481 g/mol. The number of hydrogen-bond acceptors (Lipinski definition) is 9. The summed E-state index contributed by atoms with van der Waals surface area (Å²) in [5, 5.41) is 25.3. The maximum absolute atomic E-state index is 12.9. The molecule has 0 saturated heterocycles. The molecule has 0 radical (unpaired) electrons. The molecule has 2 aromatic rings. The Labute approximate surface area is 189 Å². The lowest BCUT2D eigenvalue weighted by Gasteiger charge is -2.16. The average Bonchev–Trinajstić information content (AvgIpc) is 3.16. The van der Waals surface area contributed by atoms with Gasteiger partial charge in [0.15, 0.2) is 0 Å². The number of sulfonamides is 1. The molecule has 1 amide bonds. The van der Waals surface area contributed by atoms with Crippen LogP contribution in [0.5, 0.6) is 0 Å². The van der Waals surface area contributed by atoms with Gasteiger partial charge in [-0.05, 0) is 49.4 Å². The third-order valence-corrected chi connectivity index (χ3v) is 6.85. The van der Waals surface area contributed by atoms with Gasteiger partial charge in [-0.3, -0.25) is 14.8 Å². The second-order valence-corrected chi connectivity index (χ2v) is 9.35. The zero-order valence-corrected chi connectivity index (χ0v) is 18.8. The van der Waals surface area contributed by atoms with Gasteiger partial charge in [-0.1, -0.05) is 12.1 Å². The Hall–Kier alpha value is -3.02. The van der Waals surface area contributed by atoms with E-state index in [-0.39, 0.29) is 27.4 Å². The van der Waals surface area contributed by atoms with Gasteiger partial charge < -0.3 is 21.9 Å². The summed E-state index contributed by atoms with van der Waals surface area (Å²) in [7, 11) is -4.18. The van der Waals surface area contributed by atoms with Crippen LogP contribution in [0.1, 0.15) is 33.6 Å². The van der Waals surface area contributed by atoms with Crippen LogP contribution in [0, 0.1) is 18.3 Å². The van der Waals surface area contributed by atoms with Gasteiger partial charge in [0.25, 0.3) is 15.9 Å². The highest BCUT2D eigenvalue weighted by Gasteiger charge is 2.26. The number of carboxylic acids is 1. The first-order chi connectivity index (χ1) is 15.1. The quantitative estimate of drug-likeness (QED) is 0.195. The van der Waals surface area contributed by atoms with Crippen LogP contribution in [0.4, 0.5) is 5.69 Å². The van der Waals surface area contributed by atoms with E-state index in [1.54, 1.807) is 19.1 Å². The Kier molecular flexibility index (Phi) is 8.70. The molecule has 1 aromatic carbocycles. The van der Waals surface area contributed by atoms with Gasteiger partial charge in [-0.25, -0.2) is 13.2 Å². The normalized spacial score (nSPS) is 12.2. The number of rotatable bonds is 11. The van der Waals surface area contributed by atoms with Gasteiger partial charge in [-0.2, -0.15) is 5.26 Å². The van der Waals surface area contributed by atoms with E-state index in [0.29, 0.717) is 18.5 Å². The van der Waals surface area contributed by atoms with Gasteiger partial charge in [0.05, 0.1) is 11.3 Å². The molecule has 0 aliphatic heterocycles. The fourth-order valence-corrected chi connectivity index (χ4v) is 5.19. The van der Waals surface area contributed by atoms with E-state index < -0.39 is 34.2 Å². The highest BCUT2D eigenvalue weighted by molar-refractivity contribution is 7.92. The number of nitrogens with zero attached hydrogens (tertiary/aromatic N) is 1. The van der Waals surface area contributed by atoms with Gasteiger partial charge in [-0.15, -0.1) is 11.3 Å². The number of benzene rings is 1. The molecule has 0 spiro atoms. The number of aliphatic carboxylic acids is 1. The molecule has 32 heavy (non-hydrogen) atoms. The number of hydrogen-bond donors (Lipinski definition) is 6. The minimum absolute atomic E-state index is 0.00553. The van der Waals surface area contributed by atoms with Gasteiger partial charge in [0.2, 0.25) is 0 Å². The zero-order valence-electron chi connectivity index (χ0n) is 17.2. The van der Waals surface area contributed by atoms with Crippen molar-refractivity contribution in [3.63, 3.8) is 0 Å². The van der Waals surface area contributed by atoms with Crippen molar-refractivity contribution in [1.82, 2.24) is 10.6 Å². The summed E-state index contributed by atoms with van der Waals surface area (Å²) in [6.07, 6.45) is -0.234. The SMILES string of the molecule is Cc1cccc(C#N)c1S(=O)(=O)Nc1ccsc1C(=O)N[C@@H](CCCNC(N)N)C(=O)O. The molecular weight excluding hydrogens is 456 g/mol. The van der Waals surface area contributed by atoms with Crippen LogP contribution < -0.4 is 26.8 Å². The van der Waals surface area contributed by atoms with Crippen molar-refractivity contribution in [3.05, 3.63) is 45.6 Å². The third kappa shape index (κ3) is 6.49. The van der Waals surface area contributed by atoms with E-state index in [4.69, 9.17) is 11.5 Å². The van der Waals surface area contributed by atoms with Gasteiger partial charge in [0, 0.05) is 0 Å². The number of nitrogens with one attached hydrogen (secondary N) is 3. The van der Waals surface area contributed by atoms with E-state index in [0.717, 1.165) is 11.3 Å². The van der Waals surface area contributed by atoms with Crippen molar-refractivity contribution in [2.75, 3.05) is 11.3 Å². The van der Waals surface area contributed by atoms with Crippen LogP contribution in [0.2, 0.25) is 0 Å². The molecule has 8 N–H and O–H groups in total. The Morgan fingerprint density at radius 1 is 1.28 bits per heavy atom. The summed E-state index contributed by atoms with van der Waals surface area (Å²) in [5.41, 5.74) is 11.0. The number of thiophene rings is 1. The summed E-state index contributed by atoms with van der Waals surface area (Å²) in [4.78, 5) is 24.0. The predicted molar refractivity (Wildman–Crippen MR) is 119 cm³/mol. The van der Waals surface area contributed by atoms with Crippen molar-refractivity contribution in [2.45, 2.75) is 37.0 Å². The first kappa shape index (κ1) is 25.2. The second-order valence-electron chi connectivity index (χ2n) is 6.82. The molecular formula is C19H24N6O5S2. The lowest BCUT2D eigenvalue weighted by molar-refractivity contribution is -0.139. The molecule has 0 fully saturated rings. The standard InChI is InChI=1S/C19H24N6O5S2/c1-11-4-2-5-12(10-20)16(11)32(29,30)25-13-7-9-31-15(13)17(26)24-14(18(27)28)6-3-8-23-19(21)22/h2,4-5,7,9,14,19,23,25H,3,6,8,21-22H2,1H3,(H,24,26)(H,27,28)/t14-/m0/s1. The van der Waals surface area contributed by atoms with Gasteiger partial charge >= 0.3 is 5.97 Å². The molecule has 0 aliphatic carbocycles. The van der Waals surface area contributed by atoms with Crippen molar-refractivity contribution in [1.29, 1.82) is 5.26 Å². The molecule has 1 heterocycles. The first-order valence-electron chi connectivity index (χ1n) is 9.45. The lowest BCUT2D eigenvalue weighted by atomic mass is 10.1. The minimum atomic E-state index is -4.18. The Balaban J connectivity index is 2.18. The smallest absolute Gasteiger partial charge is 0.326 e. The van der Waals surface area contributed by atoms with E-state index in [9.17, 15) is 28.4 Å². The number of carboxylic acid groups (broad SMARTS) is 1. The van der Waals surface area contributed by atoms with E-state index in [1.165, 1.54) is 17.5 Å². The Morgan fingerprint density at radius 3 is 2.62 bits per heavy atom. The largest absolute Gasteiger partial charge is 0.480 e. The molecule has 13 heteroatoms. The Morgan fingerprint density at radius 2 is 2.00 bits per heavy atom. The number of anilines is 1. The van der Waals surface area contributed by atoms with Crippen molar-refractivity contribution in [3.8, 4) is 6.07 Å². The number of nitrogens with two attached hydrogens (primary N) is 2. The van der Waals surface area contributed by atoms with Crippen molar-refractivity contribution >= 4 is 38.9 Å². The fraction of sp³-hybridized carbons (Fsp3) is 0.316. The maximum atomic E-state index is 12.9. The predicted octanol–water partition coefficient (Wildman–Crippen LogP) is 0.483. The monoisotopic (exact) mass is 480 g/mol. The minimum Gasteiger partial charge on any atom is -0.480 e. The molecule has 0 unspecified atom stereocenters. The highest BCUT2D eigenvalue weighted by atomic mass is 32.2. The van der Waals surface area contributed by atoms with Crippen molar-refractivity contribution < 1.29 is 23.1 Å². The van der Waals surface area contributed by atoms with Gasteiger partial charge in [0.1, 0.15) is 28.2 Å². The van der Waals surface area contributed by atoms with Crippen LogP contribution in [0.3, 0.4) is 0 Å². The molecule has 1 aromatic heterocycles. The summed E-state index contributed by atoms with van der Waals surface area (Å²) in [6.45, 7) is 1.92. The topological polar surface area (TPSA) is 200 Å². The molecule has 2 rings (SSSR count). The van der Waals surface area contributed by atoms with Crippen LogP contribution in [0.25, 0.3) is 0 Å².